The number of rotatable bonds is 6. The first-order valence-corrected chi connectivity index (χ1v) is 10.9. The molecule has 0 spiro atoms. The summed E-state index contributed by atoms with van der Waals surface area (Å²) in [5, 5.41) is 2.68. The molecule has 30 heavy (non-hydrogen) atoms. The van der Waals surface area contributed by atoms with Gasteiger partial charge in [0, 0.05) is 24.4 Å². The highest BCUT2D eigenvalue weighted by Crippen LogP contribution is 2.32. The molecule has 0 unspecified atom stereocenters. The van der Waals surface area contributed by atoms with Crippen molar-refractivity contribution >= 4 is 21.8 Å². The van der Waals surface area contributed by atoms with E-state index < -0.39 is 21.8 Å². The minimum Gasteiger partial charge on any atom is -0.467 e. The number of nitrogens with zero attached hydrogens (tertiary/aromatic N) is 1. The van der Waals surface area contributed by atoms with Crippen LogP contribution < -0.4 is 5.32 Å². The van der Waals surface area contributed by atoms with Gasteiger partial charge in [-0.25, -0.2) is 12.7 Å². The van der Waals surface area contributed by atoms with Gasteiger partial charge in [0.1, 0.15) is 5.76 Å². The Morgan fingerprint density at radius 1 is 1.07 bits per heavy atom. The Morgan fingerprint density at radius 2 is 1.87 bits per heavy atom. The molecule has 154 valence electrons. The van der Waals surface area contributed by atoms with Gasteiger partial charge in [0.05, 0.1) is 17.7 Å². The van der Waals surface area contributed by atoms with Crippen molar-refractivity contribution in [2.75, 3.05) is 6.54 Å². The number of amides is 2. The second-order valence-electron chi connectivity index (χ2n) is 7.03. The number of benzene rings is 2. The van der Waals surface area contributed by atoms with Crippen molar-refractivity contribution in [1.29, 1.82) is 0 Å². The van der Waals surface area contributed by atoms with Crippen molar-refractivity contribution < 1.29 is 22.4 Å². The van der Waals surface area contributed by atoms with Crippen LogP contribution in [0.15, 0.2) is 82.3 Å². The van der Waals surface area contributed by atoms with Crippen LogP contribution in [0, 0.1) is 0 Å². The third-order valence-corrected chi connectivity index (χ3v) is 6.83. The van der Waals surface area contributed by atoms with Crippen molar-refractivity contribution in [1.82, 2.24) is 9.62 Å². The Labute approximate surface area is 174 Å². The number of hydrogen-bond acceptors (Lipinski definition) is 5. The topological polar surface area (TPSA) is 96.7 Å². The smallest absolute Gasteiger partial charge is 0.266 e. The summed E-state index contributed by atoms with van der Waals surface area (Å²) >= 11 is 0. The summed E-state index contributed by atoms with van der Waals surface area (Å²) in [5.74, 6) is -0.482. The van der Waals surface area contributed by atoms with Crippen LogP contribution in [-0.4, -0.2) is 31.1 Å². The molecule has 0 bridgehead atoms. The summed E-state index contributed by atoms with van der Waals surface area (Å²) < 4.78 is 32.3. The van der Waals surface area contributed by atoms with E-state index in [9.17, 15) is 18.0 Å². The van der Waals surface area contributed by atoms with Crippen LogP contribution in [0.2, 0.25) is 0 Å². The molecule has 0 aliphatic carbocycles. The van der Waals surface area contributed by atoms with E-state index in [2.05, 4.69) is 5.32 Å². The molecule has 1 saturated heterocycles. The SMILES string of the molecule is O=C(NCc1ccco1)c1cccc(S(=O)(=O)N2C[C@@H](c3ccccc3)CC2=O)c1. The highest BCUT2D eigenvalue weighted by atomic mass is 32.2. The number of carbonyl (C=O) groups is 2. The van der Waals surface area contributed by atoms with Gasteiger partial charge < -0.3 is 9.73 Å². The number of furan rings is 1. The van der Waals surface area contributed by atoms with Gasteiger partial charge in [0.2, 0.25) is 5.91 Å². The van der Waals surface area contributed by atoms with E-state index in [1.165, 1.54) is 30.5 Å². The summed E-state index contributed by atoms with van der Waals surface area (Å²) in [4.78, 5) is 24.8. The van der Waals surface area contributed by atoms with Crippen LogP contribution >= 0.6 is 0 Å². The minimum absolute atomic E-state index is 0.0834. The number of sulfonamides is 1. The lowest BCUT2D eigenvalue weighted by Crippen LogP contribution is -2.32. The zero-order valence-electron chi connectivity index (χ0n) is 16.0. The number of nitrogens with one attached hydrogen (secondary N) is 1. The molecule has 7 nitrogen and oxygen atoms in total. The molecule has 1 aromatic heterocycles. The average molecular weight is 424 g/mol. The lowest BCUT2D eigenvalue weighted by Gasteiger charge is -2.17. The normalized spacial score (nSPS) is 16.6. The van der Waals surface area contributed by atoms with Gasteiger partial charge >= 0.3 is 0 Å². The third-order valence-electron chi connectivity index (χ3n) is 5.04. The average Bonchev–Trinajstić information content (AvgIpc) is 3.42. The Hall–Kier alpha value is -3.39. The predicted octanol–water partition coefficient (Wildman–Crippen LogP) is 2.91. The second kappa shape index (κ2) is 8.16. The van der Waals surface area contributed by atoms with Gasteiger partial charge in [-0.2, -0.15) is 0 Å². The lowest BCUT2D eigenvalue weighted by molar-refractivity contribution is -0.123. The van der Waals surface area contributed by atoms with Crippen LogP contribution in [0.4, 0.5) is 0 Å². The van der Waals surface area contributed by atoms with Crippen LogP contribution in [0.25, 0.3) is 0 Å². The van der Waals surface area contributed by atoms with Crippen LogP contribution in [0.1, 0.15) is 34.0 Å². The monoisotopic (exact) mass is 424 g/mol. The first kappa shape index (κ1) is 19.9. The van der Waals surface area contributed by atoms with E-state index in [-0.39, 0.29) is 35.9 Å². The maximum atomic E-state index is 13.1. The first-order valence-electron chi connectivity index (χ1n) is 9.46. The van der Waals surface area contributed by atoms with Crippen molar-refractivity contribution in [3.63, 3.8) is 0 Å². The zero-order valence-corrected chi connectivity index (χ0v) is 16.8. The van der Waals surface area contributed by atoms with E-state index >= 15 is 0 Å². The van der Waals surface area contributed by atoms with Gasteiger partial charge in [0.25, 0.3) is 15.9 Å². The predicted molar refractivity (Wildman–Crippen MR) is 109 cm³/mol. The van der Waals surface area contributed by atoms with Crippen LogP contribution in [0.5, 0.6) is 0 Å². The molecule has 2 amide bonds. The maximum absolute atomic E-state index is 13.1. The highest BCUT2D eigenvalue weighted by Gasteiger charge is 2.39. The number of hydrogen-bond donors (Lipinski definition) is 1. The highest BCUT2D eigenvalue weighted by molar-refractivity contribution is 7.89. The fourth-order valence-corrected chi connectivity index (χ4v) is 4.97. The van der Waals surface area contributed by atoms with E-state index in [4.69, 9.17) is 4.42 Å². The first-order chi connectivity index (χ1) is 14.4. The Morgan fingerprint density at radius 3 is 2.60 bits per heavy atom. The number of carbonyl (C=O) groups excluding carboxylic acids is 2. The van der Waals surface area contributed by atoms with Gasteiger partial charge in [-0.3, -0.25) is 9.59 Å². The largest absolute Gasteiger partial charge is 0.467 e. The molecule has 1 aliphatic heterocycles. The molecule has 0 radical (unpaired) electrons. The quantitative estimate of drug-likeness (QED) is 0.656. The van der Waals surface area contributed by atoms with E-state index in [0.717, 1.165) is 9.87 Å². The van der Waals surface area contributed by atoms with E-state index in [0.29, 0.717) is 5.76 Å². The van der Waals surface area contributed by atoms with Gasteiger partial charge in [0.15, 0.2) is 0 Å². The Balaban J connectivity index is 1.52. The van der Waals surface area contributed by atoms with Gasteiger partial charge in [-0.05, 0) is 35.9 Å². The molecular formula is C22H20N2O5S. The van der Waals surface area contributed by atoms with Gasteiger partial charge in [-0.15, -0.1) is 0 Å². The summed E-state index contributed by atoms with van der Waals surface area (Å²) in [7, 11) is -4.06. The van der Waals surface area contributed by atoms with E-state index in [1.807, 2.05) is 30.3 Å². The molecule has 1 fully saturated rings. The van der Waals surface area contributed by atoms with Crippen molar-refractivity contribution in [2.24, 2.45) is 0 Å². The molecular weight excluding hydrogens is 404 g/mol. The van der Waals surface area contributed by atoms with Crippen molar-refractivity contribution in [3.8, 4) is 0 Å². The zero-order chi connectivity index (χ0) is 21.1. The molecule has 2 heterocycles. The van der Waals surface area contributed by atoms with Gasteiger partial charge in [-0.1, -0.05) is 36.4 Å². The second-order valence-corrected chi connectivity index (χ2v) is 8.89. The summed E-state index contributed by atoms with van der Waals surface area (Å²) in [6.07, 6.45) is 1.64. The molecule has 4 rings (SSSR count). The third kappa shape index (κ3) is 3.99. The molecule has 1 N–H and O–H groups in total. The molecule has 3 aromatic rings. The lowest BCUT2D eigenvalue weighted by atomic mass is 9.99. The molecule has 2 aromatic carbocycles. The Kier molecular flexibility index (Phi) is 5.41. The van der Waals surface area contributed by atoms with Crippen molar-refractivity contribution in [3.05, 3.63) is 89.9 Å². The maximum Gasteiger partial charge on any atom is 0.266 e. The molecule has 1 aliphatic rings. The minimum atomic E-state index is -4.06. The van der Waals surface area contributed by atoms with E-state index in [1.54, 1.807) is 12.1 Å². The molecule has 1 atom stereocenters. The molecule has 8 heteroatoms. The fraction of sp³-hybridized carbons (Fsp3) is 0.182. The summed E-state index contributed by atoms with van der Waals surface area (Å²) in [5.41, 5.74) is 1.11. The van der Waals surface area contributed by atoms with Crippen molar-refractivity contribution in [2.45, 2.75) is 23.8 Å². The van der Waals surface area contributed by atoms with Crippen LogP contribution in [0.3, 0.4) is 0 Å². The van der Waals surface area contributed by atoms with Crippen LogP contribution in [-0.2, 0) is 21.4 Å². The summed E-state index contributed by atoms with van der Waals surface area (Å²) in [6.45, 7) is 0.270. The fourth-order valence-electron chi connectivity index (χ4n) is 3.47. The Bertz CT molecular complexity index is 1160. The standard InChI is InChI=1S/C22H20N2O5S/c25-21-13-18(16-6-2-1-3-7-16)15-24(21)30(27,28)20-10-4-8-17(12-20)22(26)23-14-19-9-5-11-29-19/h1-12,18H,13-15H2,(H,23,26)/t18-/m0/s1. The molecule has 0 saturated carbocycles. The summed E-state index contributed by atoms with van der Waals surface area (Å²) in [6, 6.07) is 18.5.